The minimum atomic E-state index is -4.62. The standard InChI is InChI=1S/C25H26F5N3O2/c1-15(2)16-8-10-17(11-9-16)33-21(7-5-4-6-18(34)14-24(3,35)23(26)27)31-19-12-13-20(25(28,29)30)32-22(19)33/h8-13,23,35H,1,4-7,14H2,2-3H3. The first-order chi connectivity index (χ1) is 16.3. The molecule has 0 aliphatic heterocycles. The Bertz CT molecular complexity index is 1210. The normalized spacial score (nSPS) is 13.9. The lowest BCUT2D eigenvalue weighted by molar-refractivity contribution is -0.141. The van der Waals surface area contributed by atoms with Crippen molar-refractivity contribution in [2.24, 2.45) is 0 Å². The number of aryl methyl sites for hydroxylation is 1. The average molecular weight is 495 g/mol. The summed E-state index contributed by atoms with van der Waals surface area (Å²) in [4.78, 5) is 20.3. The van der Waals surface area contributed by atoms with Crippen LogP contribution in [-0.4, -0.2) is 37.5 Å². The summed E-state index contributed by atoms with van der Waals surface area (Å²) in [6.45, 7) is 6.63. The predicted octanol–water partition coefficient (Wildman–Crippen LogP) is 6.16. The molecule has 1 unspecified atom stereocenters. The van der Waals surface area contributed by atoms with E-state index in [2.05, 4.69) is 16.5 Å². The smallest absolute Gasteiger partial charge is 0.384 e. The quantitative estimate of drug-likeness (QED) is 0.270. The molecule has 3 aromatic rings. The zero-order valence-corrected chi connectivity index (χ0v) is 19.4. The van der Waals surface area contributed by atoms with E-state index in [1.165, 1.54) is 6.07 Å². The summed E-state index contributed by atoms with van der Waals surface area (Å²) in [5.74, 6) is -0.0300. The van der Waals surface area contributed by atoms with Crippen molar-refractivity contribution >= 4 is 22.5 Å². The Morgan fingerprint density at radius 3 is 2.31 bits per heavy atom. The number of hydrogen-bond donors (Lipinski definition) is 1. The highest BCUT2D eigenvalue weighted by Gasteiger charge is 2.34. The number of Topliss-reactive ketones (excluding diaryl/α,β-unsaturated/α-hetero) is 1. The fourth-order valence-corrected chi connectivity index (χ4v) is 3.67. The second kappa shape index (κ2) is 10.2. The van der Waals surface area contributed by atoms with Gasteiger partial charge in [0.05, 0.1) is 0 Å². The van der Waals surface area contributed by atoms with Gasteiger partial charge in [-0.15, -0.1) is 0 Å². The fraction of sp³-hybridized carbons (Fsp3) is 0.400. The molecule has 0 saturated carbocycles. The molecule has 0 radical (unpaired) electrons. The van der Waals surface area contributed by atoms with Gasteiger partial charge in [-0.3, -0.25) is 9.36 Å². The molecule has 0 aliphatic carbocycles. The third kappa shape index (κ3) is 6.30. The van der Waals surface area contributed by atoms with Crippen molar-refractivity contribution in [1.29, 1.82) is 0 Å². The van der Waals surface area contributed by atoms with Crippen molar-refractivity contribution in [2.75, 3.05) is 0 Å². The summed E-state index contributed by atoms with van der Waals surface area (Å²) in [7, 11) is 0. The molecule has 0 bridgehead atoms. The Morgan fingerprint density at radius 1 is 1.09 bits per heavy atom. The number of carbonyl (C=O) groups excluding carboxylic acids is 1. The predicted molar refractivity (Wildman–Crippen MR) is 122 cm³/mol. The van der Waals surface area contributed by atoms with Crippen LogP contribution in [0.2, 0.25) is 0 Å². The van der Waals surface area contributed by atoms with Crippen molar-refractivity contribution in [3.05, 3.63) is 60.1 Å². The van der Waals surface area contributed by atoms with E-state index in [1.54, 1.807) is 28.8 Å². The van der Waals surface area contributed by atoms with E-state index < -0.39 is 36.1 Å². The molecule has 3 rings (SSSR count). The molecule has 0 amide bonds. The zero-order chi connectivity index (χ0) is 26.0. The molecule has 35 heavy (non-hydrogen) atoms. The number of carbonyl (C=O) groups is 1. The fourth-order valence-electron chi connectivity index (χ4n) is 3.67. The Morgan fingerprint density at radius 2 is 1.74 bits per heavy atom. The van der Waals surface area contributed by atoms with E-state index >= 15 is 0 Å². The zero-order valence-electron chi connectivity index (χ0n) is 19.4. The number of pyridine rings is 1. The van der Waals surface area contributed by atoms with E-state index in [0.717, 1.165) is 24.1 Å². The van der Waals surface area contributed by atoms with E-state index in [-0.39, 0.29) is 12.1 Å². The first kappa shape index (κ1) is 26.5. The van der Waals surface area contributed by atoms with Crippen molar-refractivity contribution < 1.29 is 31.9 Å². The number of aliphatic hydroxyl groups is 1. The van der Waals surface area contributed by atoms with Gasteiger partial charge in [-0.2, -0.15) is 13.2 Å². The van der Waals surface area contributed by atoms with Gasteiger partial charge in [0.25, 0.3) is 6.43 Å². The molecular weight excluding hydrogens is 469 g/mol. The molecule has 10 heteroatoms. The summed E-state index contributed by atoms with van der Waals surface area (Å²) < 4.78 is 67.0. The van der Waals surface area contributed by atoms with Crippen LogP contribution in [0.4, 0.5) is 22.0 Å². The first-order valence-electron chi connectivity index (χ1n) is 11.0. The molecular formula is C25H26F5N3O2. The van der Waals surface area contributed by atoms with E-state index in [0.29, 0.717) is 36.3 Å². The second-order valence-corrected chi connectivity index (χ2v) is 8.81. The van der Waals surface area contributed by atoms with E-state index in [4.69, 9.17) is 0 Å². The maximum Gasteiger partial charge on any atom is 0.433 e. The maximum absolute atomic E-state index is 13.3. The lowest BCUT2D eigenvalue weighted by atomic mass is 9.97. The molecule has 1 N–H and O–H groups in total. The lowest BCUT2D eigenvalue weighted by Crippen LogP contribution is -2.35. The lowest BCUT2D eigenvalue weighted by Gasteiger charge is -2.20. The molecule has 0 aliphatic rings. The Balaban J connectivity index is 1.85. The number of benzene rings is 1. The largest absolute Gasteiger partial charge is 0.433 e. The number of nitrogens with zero attached hydrogens (tertiary/aromatic N) is 3. The van der Waals surface area contributed by atoms with Crippen molar-refractivity contribution in [3.63, 3.8) is 0 Å². The summed E-state index contributed by atoms with van der Waals surface area (Å²) in [5, 5.41) is 9.60. The van der Waals surface area contributed by atoms with Gasteiger partial charge in [-0.05, 0) is 56.5 Å². The molecule has 0 saturated heterocycles. The minimum Gasteiger partial charge on any atom is -0.384 e. The third-order valence-corrected chi connectivity index (χ3v) is 5.61. The molecule has 0 fully saturated rings. The Labute approximate surface area is 199 Å². The van der Waals surface area contributed by atoms with Gasteiger partial charge in [0.15, 0.2) is 5.65 Å². The molecule has 1 atom stereocenters. The van der Waals surface area contributed by atoms with Gasteiger partial charge < -0.3 is 5.11 Å². The second-order valence-electron chi connectivity index (χ2n) is 8.81. The summed E-state index contributed by atoms with van der Waals surface area (Å²) >= 11 is 0. The van der Waals surface area contributed by atoms with Gasteiger partial charge in [0, 0.05) is 24.9 Å². The monoisotopic (exact) mass is 495 g/mol. The molecule has 2 heterocycles. The number of aromatic nitrogens is 3. The number of rotatable bonds is 10. The van der Waals surface area contributed by atoms with Crippen LogP contribution in [0.1, 0.15) is 56.6 Å². The third-order valence-electron chi connectivity index (χ3n) is 5.61. The number of ketones is 1. The van der Waals surface area contributed by atoms with Gasteiger partial charge in [0.1, 0.15) is 28.4 Å². The van der Waals surface area contributed by atoms with Crippen LogP contribution in [0.15, 0.2) is 43.0 Å². The van der Waals surface area contributed by atoms with E-state index in [9.17, 15) is 31.9 Å². The highest BCUT2D eigenvalue weighted by Crippen LogP contribution is 2.31. The van der Waals surface area contributed by atoms with Crippen LogP contribution in [0.3, 0.4) is 0 Å². The van der Waals surface area contributed by atoms with Crippen molar-refractivity contribution in [2.45, 2.75) is 64.2 Å². The molecule has 188 valence electrons. The maximum atomic E-state index is 13.3. The summed E-state index contributed by atoms with van der Waals surface area (Å²) in [6.07, 6.45) is -7.21. The number of allylic oxidation sites excluding steroid dienone is 1. The molecule has 1 aromatic carbocycles. The van der Waals surface area contributed by atoms with Crippen molar-refractivity contribution in [3.8, 4) is 5.69 Å². The van der Waals surface area contributed by atoms with Gasteiger partial charge in [-0.25, -0.2) is 18.7 Å². The van der Waals surface area contributed by atoms with Crippen LogP contribution >= 0.6 is 0 Å². The van der Waals surface area contributed by atoms with Crippen LogP contribution in [0.25, 0.3) is 22.4 Å². The average Bonchev–Trinajstić information content (AvgIpc) is 3.13. The summed E-state index contributed by atoms with van der Waals surface area (Å²) in [6, 6.07) is 9.23. The van der Waals surface area contributed by atoms with Crippen LogP contribution in [-0.2, 0) is 17.4 Å². The number of imidazole rings is 1. The Kier molecular flexibility index (Phi) is 7.74. The molecule has 0 spiro atoms. The number of halogens is 5. The Hall–Kier alpha value is -3.14. The highest BCUT2D eigenvalue weighted by atomic mass is 19.4. The summed E-state index contributed by atoms with van der Waals surface area (Å²) in [5.41, 5.74) is -0.774. The SMILES string of the molecule is C=C(C)c1ccc(-n2c(CCCCC(=O)CC(C)(O)C(F)F)nc3ccc(C(F)(F)F)nc32)cc1. The number of fused-ring (bicyclic) bond motifs is 1. The van der Waals surface area contributed by atoms with Crippen LogP contribution in [0.5, 0.6) is 0 Å². The van der Waals surface area contributed by atoms with Crippen molar-refractivity contribution in [1.82, 2.24) is 14.5 Å². The topological polar surface area (TPSA) is 68.0 Å². The van der Waals surface area contributed by atoms with Gasteiger partial charge in [-0.1, -0.05) is 24.3 Å². The highest BCUT2D eigenvalue weighted by molar-refractivity contribution is 5.79. The van der Waals surface area contributed by atoms with Crippen LogP contribution in [0, 0.1) is 0 Å². The molecule has 5 nitrogen and oxygen atoms in total. The van der Waals surface area contributed by atoms with Crippen LogP contribution < -0.4 is 0 Å². The molecule has 2 aromatic heterocycles. The van der Waals surface area contributed by atoms with Gasteiger partial charge >= 0.3 is 6.18 Å². The van der Waals surface area contributed by atoms with E-state index in [1.807, 2.05) is 6.92 Å². The number of alkyl halides is 5. The minimum absolute atomic E-state index is 0.00706. The van der Waals surface area contributed by atoms with Gasteiger partial charge in [0.2, 0.25) is 0 Å². The number of hydrogen-bond acceptors (Lipinski definition) is 4. The first-order valence-corrected chi connectivity index (χ1v) is 11.0. The number of unbranched alkanes of at least 4 members (excludes halogenated alkanes) is 1.